The molecule has 0 aliphatic carbocycles. The third-order valence-corrected chi connectivity index (χ3v) is 2.76. The summed E-state index contributed by atoms with van der Waals surface area (Å²) in [7, 11) is 1.73. The Morgan fingerprint density at radius 3 is 3.00 bits per heavy atom. The summed E-state index contributed by atoms with van der Waals surface area (Å²) in [6, 6.07) is 0.132. The van der Waals surface area contributed by atoms with Crippen LogP contribution in [0.15, 0.2) is 0 Å². The maximum absolute atomic E-state index is 12.0. The van der Waals surface area contributed by atoms with Crippen molar-refractivity contribution in [3.63, 3.8) is 0 Å². The van der Waals surface area contributed by atoms with E-state index in [4.69, 9.17) is 11.2 Å². The van der Waals surface area contributed by atoms with Crippen LogP contribution in [0.25, 0.3) is 0 Å². The summed E-state index contributed by atoms with van der Waals surface area (Å²) < 4.78 is 5.35. The molecule has 4 nitrogen and oxygen atoms in total. The first kappa shape index (κ1) is 13.0. The van der Waals surface area contributed by atoms with Crippen LogP contribution >= 0.6 is 0 Å². The quantitative estimate of drug-likeness (QED) is 0.673. The van der Waals surface area contributed by atoms with Crippen molar-refractivity contribution >= 4 is 5.91 Å². The monoisotopic (exact) mass is 224 g/mol. The Hall–Kier alpha value is -1.05. The van der Waals surface area contributed by atoms with E-state index in [9.17, 15) is 4.79 Å². The van der Waals surface area contributed by atoms with Gasteiger partial charge in [0.15, 0.2) is 0 Å². The van der Waals surface area contributed by atoms with Gasteiger partial charge in [-0.25, -0.2) is 0 Å². The molecule has 90 valence electrons. The van der Waals surface area contributed by atoms with Crippen LogP contribution < -0.4 is 5.32 Å². The van der Waals surface area contributed by atoms with E-state index in [1.54, 1.807) is 11.9 Å². The first-order valence-electron chi connectivity index (χ1n) is 5.70. The molecule has 1 rings (SSSR count). The van der Waals surface area contributed by atoms with Crippen LogP contribution in [-0.4, -0.2) is 50.2 Å². The fourth-order valence-corrected chi connectivity index (χ4v) is 1.83. The molecule has 1 aliphatic rings. The highest BCUT2D eigenvalue weighted by Crippen LogP contribution is 2.16. The number of ether oxygens (including phenoxy) is 1. The van der Waals surface area contributed by atoms with E-state index in [2.05, 4.69) is 18.2 Å². The van der Waals surface area contributed by atoms with Crippen molar-refractivity contribution in [3.8, 4) is 12.3 Å². The number of terminal acetylenes is 1. The number of amides is 1. The Morgan fingerprint density at radius 2 is 2.38 bits per heavy atom. The zero-order valence-electron chi connectivity index (χ0n) is 10.0. The standard InChI is InChI=1S/C12H20N2O2/c1-4-6-13-11-9-16-8-10(11)12(15)14(3)7-5-2/h2,10-11,13H,4,6-9H2,1,3H3. The fourth-order valence-electron chi connectivity index (χ4n) is 1.83. The maximum Gasteiger partial charge on any atom is 0.230 e. The normalized spacial score (nSPS) is 24.1. The van der Waals surface area contributed by atoms with E-state index in [-0.39, 0.29) is 17.9 Å². The summed E-state index contributed by atoms with van der Waals surface area (Å²) >= 11 is 0. The number of hydrogen-bond donors (Lipinski definition) is 1. The van der Waals surface area contributed by atoms with Gasteiger partial charge in [-0.3, -0.25) is 4.79 Å². The fraction of sp³-hybridized carbons (Fsp3) is 0.750. The SMILES string of the molecule is C#CCN(C)C(=O)C1COCC1NCCC. The molecule has 0 aromatic heterocycles. The van der Waals surface area contributed by atoms with Gasteiger partial charge in [0.05, 0.1) is 25.7 Å². The lowest BCUT2D eigenvalue weighted by Crippen LogP contribution is -2.44. The molecule has 1 amide bonds. The summed E-state index contributed by atoms with van der Waals surface area (Å²) in [6.45, 7) is 4.48. The summed E-state index contributed by atoms with van der Waals surface area (Å²) in [6.07, 6.45) is 6.24. The Kier molecular flexibility index (Phi) is 5.30. The molecule has 0 saturated carbocycles. The number of nitrogens with zero attached hydrogens (tertiary/aromatic N) is 1. The number of rotatable bonds is 5. The first-order chi connectivity index (χ1) is 7.70. The van der Waals surface area contributed by atoms with Crippen LogP contribution in [0.4, 0.5) is 0 Å². The molecular formula is C12H20N2O2. The average molecular weight is 224 g/mol. The second kappa shape index (κ2) is 6.51. The highest BCUT2D eigenvalue weighted by Gasteiger charge is 2.34. The third kappa shape index (κ3) is 3.22. The van der Waals surface area contributed by atoms with Crippen molar-refractivity contribution < 1.29 is 9.53 Å². The van der Waals surface area contributed by atoms with Crippen molar-refractivity contribution in [2.75, 3.05) is 33.4 Å². The van der Waals surface area contributed by atoms with Crippen molar-refractivity contribution in [2.24, 2.45) is 5.92 Å². The Labute approximate surface area is 97.3 Å². The van der Waals surface area contributed by atoms with E-state index in [1.165, 1.54) is 0 Å². The van der Waals surface area contributed by atoms with Gasteiger partial charge in [-0.1, -0.05) is 12.8 Å². The van der Waals surface area contributed by atoms with Gasteiger partial charge in [-0.2, -0.15) is 0 Å². The predicted octanol–water partition coefficient (Wildman–Crippen LogP) is 0.0926. The molecular weight excluding hydrogens is 204 g/mol. The molecule has 16 heavy (non-hydrogen) atoms. The maximum atomic E-state index is 12.0. The van der Waals surface area contributed by atoms with Gasteiger partial charge < -0.3 is 15.0 Å². The number of carbonyl (C=O) groups excluding carboxylic acids is 1. The lowest BCUT2D eigenvalue weighted by molar-refractivity contribution is -0.134. The summed E-state index contributed by atoms with van der Waals surface area (Å²) in [5, 5.41) is 3.34. The molecule has 0 radical (unpaired) electrons. The molecule has 1 aliphatic heterocycles. The van der Waals surface area contributed by atoms with E-state index in [1.807, 2.05) is 0 Å². The van der Waals surface area contributed by atoms with Crippen molar-refractivity contribution in [1.29, 1.82) is 0 Å². The predicted molar refractivity (Wildman–Crippen MR) is 62.9 cm³/mol. The van der Waals surface area contributed by atoms with Gasteiger partial charge in [0.1, 0.15) is 0 Å². The Balaban J connectivity index is 2.50. The highest BCUT2D eigenvalue weighted by atomic mass is 16.5. The Morgan fingerprint density at radius 1 is 1.62 bits per heavy atom. The van der Waals surface area contributed by atoms with Gasteiger partial charge in [0.25, 0.3) is 0 Å². The van der Waals surface area contributed by atoms with Crippen LogP contribution in [0.3, 0.4) is 0 Å². The second-order valence-electron chi connectivity index (χ2n) is 4.10. The number of carbonyl (C=O) groups is 1. The minimum absolute atomic E-state index is 0.0732. The zero-order chi connectivity index (χ0) is 12.0. The summed E-state index contributed by atoms with van der Waals surface area (Å²) in [5.41, 5.74) is 0. The van der Waals surface area contributed by atoms with Crippen molar-refractivity contribution in [3.05, 3.63) is 0 Å². The number of hydrogen-bond acceptors (Lipinski definition) is 3. The average Bonchev–Trinajstić information content (AvgIpc) is 2.73. The lowest BCUT2D eigenvalue weighted by Gasteiger charge is -2.22. The zero-order valence-corrected chi connectivity index (χ0v) is 10.0. The minimum Gasteiger partial charge on any atom is -0.379 e. The van der Waals surface area contributed by atoms with Gasteiger partial charge in [-0.05, 0) is 13.0 Å². The first-order valence-corrected chi connectivity index (χ1v) is 5.70. The van der Waals surface area contributed by atoms with Crippen LogP contribution in [-0.2, 0) is 9.53 Å². The van der Waals surface area contributed by atoms with Gasteiger partial charge in [-0.15, -0.1) is 6.42 Å². The summed E-state index contributed by atoms with van der Waals surface area (Å²) in [5.74, 6) is 2.45. The van der Waals surface area contributed by atoms with E-state index >= 15 is 0 Å². The third-order valence-electron chi connectivity index (χ3n) is 2.76. The molecule has 2 unspecified atom stereocenters. The molecule has 0 aromatic carbocycles. The molecule has 0 spiro atoms. The molecule has 1 heterocycles. The van der Waals surface area contributed by atoms with Crippen molar-refractivity contribution in [1.82, 2.24) is 10.2 Å². The van der Waals surface area contributed by atoms with E-state index < -0.39 is 0 Å². The molecule has 0 aromatic rings. The second-order valence-corrected chi connectivity index (χ2v) is 4.10. The molecule has 1 N–H and O–H groups in total. The van der Waals surface area contributed by atoms with Gasteiger partial charge in [0, 0.05) is 13.1 Å². The topological polar surface area (TPSA) is 41.6 Å². The smallest absolute Gasteiger partial charge is 0.230 e. The van der Waals surface area contributed by atoms with E-state index in [0.29, 0.717) is 19.8 Å². The van der Waals surface area contributed by atoms with Crippen LogP contribution in [0.2, 0.25) is 0 Å². The van der Waals surface area contributed by atoms with Crippen LogP contribution in [0, 0.1) is 18.3 Å². The molecule has 0 bridgehead atoms. The molecule has 1 saturated heterocycles. The Bertz CT molecular complexity index is 273. The van der Waals surface area contributed by atoms with Crippen molar-refractivity contribution in [2.45, 2.75) is 19.4 Å². The molecule has 4 heteroatoms. The minimum atomic E-state index is -0.0927. The van der Waals surface area contributed by atoms with Crippen LogP contribution in [0.5, 0.6) is 0 Å². The summed E-state index contributed by atoms with van der Waals surface area (Å²) in [4.78, 5) is 13.6. The van der Waals surface area contributed by atoms with E-state index in [0.717, 1.165) is 13.0 Å². The highest BCUT2D eigenvalue weighted by molar-refractivity contribution is 5.80. The largest absolute Gasteiger partial charge is 0.379 e. The van der Waals surface area contributed by atoms with Crippen LogP contribution in [0.1, 0.15) is 13.3 Å². The number of nitrogens with one attached hydrogen (secondary N) is 1. The van der Waals surface area contributed by atoms with Gasteiger partial charge in [0.2, 0.25) is 5.91 Å². The molecule has 1 fully saturated rings. The van der Waals surface area contributed by atoms with Gasteiger partial charge >= 0.3 is 0 Å². The molecule has 2 atom stereocenters. The lowest BCUT2D eigenvalue weighted by atomic mass is 10.0.